The number of hydrogen-bond donors (Lipinski definition) is 0. The highest BCUT2D eigenvalue weighted by Gasteiger charge is 2.27. The van der Waals surface area contributed by atoms with Crippen molar-refractivity contribution in [1.29, 1.82) is 0 Å². The van der Waals surface area contributed by atoms with Crippen molar-refractivity contribution in [2.45, 2.75) is 45.6 Å². The molecule has 0 aliphatic carbocycles. The van der Waals surface area contributed by atoms with Crippen molar-refractivity contribution in [1.82, 2.24) is 4.90 Å². The first-order valence-corrected chi connectivity index (χ1v) is 9.35. The summed E-state index contributed by atoms with van der Waals surface area (Å²) in [6, 6.07) is 0.903. The van der Waals surface area contributed by atoms with E-state index in [0.717, 1.165) is 12.0 Å². The van der Waals surface area contributed by atoms with Gasteiger partial charge in [0.1, 0.15) is 0 Å². The first-order valence-electron chi connectivity index (χ1n) is 7.57. The summed E-state index contributed by atoms with van der Waals surface area (Å²) in [5, 5.41) is 0. The summed E-state index contributed by atoms with van der Waals surface area (Å²) in [5.74, 6) is 3.33. The van der Waals surface area contributed by atoms with Crippen molar-refractivity contribution in [2.75, 3.05) is 25.4 Å². The second-order valence-electron chi connectivity index (χ2n) is 5.65. The van der Waals surface area contributed by atoms with Crippen molar-refractivity contribution in [2.24, 2.45) is 5.92 Å². The smallest absolute Gasteiger partial charge is 0.0102 e. The van der Waals surface area contributed by atoms with Crippen LogP contribution in [0.5, 0.6) is 0 Å². The van der Waals surface area contributed by atoms with Gasteiger partial charge in [-0.05, 0) is 70.9 Å². The van der Waals surface area contributed by atoms with Crippen LogP contribution < -0.4 is 0 Å². The molecule has 1 nitrogen and oxygen atoms in total. The molecule has 2 fully saturated rings. The van der Waals surface area contributed by atoms with Crippen molar-refractivity contribution < 1.29 is 0 Å². The molecule has 0 spiro atoms. The zero-order chi connectivity index (χ0) is 12.8. The number of allylic oxidation sites excluding steroid dienone is 3. The Labute approximate surface area is 114 Å². The van der Waals surface area contributed by atoms with Gasteiger partial charge >= 0.3 is 0 Å². The fourth-order valence-electron chi connectivity index (χ4n) is 3.36. The molecule has 0 saturated carbocycles. The van der Waals surface area contributed by atoms with E-state index in [9.17, 15) is 0 Å². The minimum Gasteiger partial charge on any atom is -0.300 e. The van der Waals surface area contributed by atoms with Crippen molar-refractivity contribution in [3.8, 4) is 0 Å². The molecule has 102 valence electrons. The number of nitrogens with zero attached hydrogens (tertiary/aromatic N) is 1. The summed E-state index contributed by atoms with van der Waals surface area (Å²) in [7, 11) is 0.248. The standard InChI is InChI=1S/C16H28NP/c1-3-5-15-6-10-17(11-7-15)16-8-13-18(12-4-2)14-9-16/h3-5,12,15-16H,6-11,13-14H2,1-2H3/b5-3+,12-4+. The van der Waals surface area contributed by atoms with E-state index in [2.05, 4.69) is 42.8 Å². The van der Waals surface area contributed by atoms with Gasteiger partial charge in [-0.2, -0.15) is 0 Å². The van der Waals surface area contributed by atoms with Gasteiger partial charge in [0, 0.05) is 6.04 Å². The first kappa shape index (κ1) is 14.3. The van der Waals surface area contributed by atoms with Crippen LogP contribution >= 0.6 is 7.92 Å². The molecule has 2 aliphatic heterocycles. The summed E-state index contributed by atoms with van der Waals surface area (Å²) in [4.78, 5) is 2.78. The predicted octanol–water partition coefficient (Wildman–Crippen LogP) is 4.45. The molecule has 2 heteroatoms. The zero-order valence-corrected chi connectivity index (χ0v) is 12.9. The van der Waals surface area contributed by atoms with Crippen molar-refractivity contribution >= 4 is 7.92 Å². The van der Waals surface area contributed by atoms with Gasteiger partial charge in [0.25, 0.3) is 0 Å². The van der Waals surface area contributed by atoms with E-state index in [4.69, 9.17) is 0 Å². The fraction of sp³-hybridized carbons (Fsp3) is 0.750. The number of likely N-dealkylation sites (tertiary alicyclic amines) is 1. The van der Waals surface area contributed by atoms with Gasteiger partial charge in [-0.3, -0.25) is 0 Å². The SMILES string of the molecule is C/C=C/C1CCN(C2CCP(/C=C/C)CC2)CC1. The van der Waals surface area contributed by atoms with Gasteiger partial charge in [0.15, 0.2) is 0 Å². The minimum absolute atomic E-state index is 0.248. The first-order chi connectivity index (χ1) is 8.83. The molecule has 0 N–H and O–H groups in total. The molecular formula is C16H28NP. The molecule has 0 atom stereocenters. The largest absolute Gasteiger partial charge is 0.300 e. The topological polar surface area (TPSA) is 3.24 Å². The third-order valence-corrected chi connectivity index (χ3v) is 6.80. The maximum atomic E-state index is 2.78. The molecule has 0 aromatic carbocycles. The number of hydrogen-bond acceptors (Lipinski definition) is 1. The van der Waals surface area contributed by atoms with Crippen LogP contribution in [0.15, 0.2) is 24.0 Å². The second-order valence-corrected chi connectivity index (χ2v) is 8.02. The lowest BCUT2D eigenvalue weighted by molar-refractivity contribution is 0.137. The second kappa shape index (κ2) is 7.46. The Bertz CT molecular complexity index is 251. The lowest BCUT2D eigenvalue weighted by Gasteiger charge is -2.40. The molecule has 0 bridgehead atoms. The van der Waals surface area contributed by atoms with Crippen LogP contribution in [0.25, 0.3) is 0 Å². The highest BCUT2D eigenvalue weighted by Crippen LogP contribution is 2.44. The summed E-state index contributed by atoms with van der Waals surface area (Å²) < 4.78 is 0. The van der Waals surface area contributed by atoms with Crippen molar-refractivity contribution in [3.63, 3.8) is 0 Å². The van der Waals surface area contributed by atoms with Gasteiger partial charge in [0.05, 0.1) is 0 Å². The molecule has 0 amide bonds. The van der Waals surface area contributed by atoms with E-state index in [-0.39, 0.29) is 7.92 Å². The Morgan fingerprint density at radius 2 is 1.61 bits per heavy atom. The molecule has 2 rings (SSSR count). The molecule has 0 aromatic rings. The molecule has 0 aromatic heterocycles. The van der Waals surface area contributed by atoms with Crippen LogP contribution in [-0.2, 0) is 0 Å². The van der Waals surface area contributed by atoms with E-state index in [1.807, 2.05) is 0 Å². The third-order valence-electron chi connectivity index (χ3n) is 4.41. The zero-order valence-electron chi connectivity index (χ0n) is 12.0. The lowest BCUT2D eigenvalue weighted by atomic mass is 9.94. The quantitative estimate of drug-likeness (QED) is 0.538. The molecule has 18 heavy (non-hydrogen) atoms. The van der Waals surface area contributed by atoms with Gasteiger partial charge < -0.3 is 4.90 Å². The minimum atomic E-state index is 0.248. The Hall–Kier alpha value is -0.130. The summed E-state index contributed by atoms with van der Waals surface area (Å²) >= 11 is 0. The molecule has 0 unspecified atom stereocenters. The average Bonchev–Trinajstić information content (AvgIpc) is 2.41. The molecular weight excluding hydrogens is 237 g/mol. The van der Waals surface area contributed by atoms with Crippen LogP contribution in [0.4, 0.5) is 0 Å². The highest BCUT2D eigenvalue weighted by atomic mass is 31.1. The van der Waals surface area contributed by atoms with E-state index in [0.29, 0.717) is 0 Å². The van der Waals surface area contributed by atoms with Gasteiger partial charge in [-0.1, -0.05) is 32.0 Å². The normalized spacial score (nSPS) is 32.6. The third kappa shape index (κ3) is 3.93. The summed E-state index contributed by atoms with van der Waals surface area (Å²) in [5.41, 5.74) is 0. The maximum absolute atomic E-state index is 2.78. The van der Waals surface area contributed by atoms with Crippen LogP contribution in [0.2, 0.25) is 0 Å². The lowest BCUT2D eigenvalue weighted by Crippen LogP contribution is -2.43. The van der Waals surface area contributed by atoms with Gasteiger partial charge in [-0.25, -0.2) is 0 Å². The molecule has 2 aliphatic rings. The molecule has 2 saturated heterocycles. The summed E-state index contributed by atoms with van der Waals surface area (Å²) in [6.45, 7) is 6.99. The Kier molecular flexibility index (Phi) is 5.92. The maximum Gasteiger partial charge on any atom is 0.0102 e. The van der Waals surface area contributed by atoms with Gasteiger partial charge in [0.2, 0.25) is 0 Å². The number of rotatable bonds is 3. The Balaban J connectivity index is 1.74. The van der Waals surface area contributed by atoms with Crippen LogP contribution in [0.1, 0.15) is 39.5 Å². The van der Waals surface area contributed by atoms with E-state index in [1.165, 1.54) is 51.1 Å². The van der Waals surface area contributed by atoms with Crippen LogP contribution in [-0.4, -0.2) is 36.4 Å². The van der Waals surface area contributed by atoms with Gasteiger partial charge in [-0.15, -0.1) is 0 Å². The molecule has 0 radical (unpaired) electrons. The monoisotopic (exact) mass is 265 g/mol. The fourth-order valence-corrected chi connectivity index (χ4v) is 5.56. The van der Waals surface area contributed by atoms with Crippen LogP contribution in [0.3, 0.4) is 0 Å². The van der Waals surface area contributed by atoms with E-state index < -0.39 is 0 Å². The van der Waals surface area contributed by atoms with Crippen LogP contribution in [0, 0.1) is 5.92 Å². The average molecular weight is 265 g/mol. The predicted molar refractivity (Wildman–Crippen MR) is 83.6 cm³/mol. The summed E-state index contributed by atoms with van der Waals surface area (Å²) in [6.07, 6.45) is 15.5. The molecule has 2 heterocycles. The highest BCUT2D eigenvalue weighted by molar-refractivity contribution is 7.60. The number of piperidine rings is 1. The Morgan fingerprint density at radius 3 is 2.17 bits per heavy atom. The Morgan fingerprint density at radius 1 is 0.944 bits per heavy atom. The van der Waals surface area contributed by atoms with E-state index in [1.54, 1.807) is 0 Å². The van der Waals surface area contributed by atoms with E-state index >= 15 is 0 Å². The van der Waals surface area contributed by atoms with Crippen molar-refractivity contribution in [3.05, 3.63) is 24.0 Å².